The molecule has 0 saturated carbocycles. The van der Waals surface area contributed by atoms with Crippen LogP contribution in [0, 0.1) is 0 Å². The molecule has 0 aliphatic carbocycles. The summed E-state index contributed by atoms with van der Waals surface area (Å²) in [6, 6.07) is 0. The number of rotatable bonds is 5. The van der Waals surface area contributed by atoms with Gasteiger partial charge in [0.1, 0.15) is 5.54 Å². The lowest BCUT2D eigenvalue weighted by molar-refractivity contribution is -0.144. The quantitative estimate of drug-likeness (QED) is 0.437. The Morgan fingerprint density at radius 2 is 2.45 bits per heavy atom. The van der Waals surface area contributed by atoms with Crippen LogP contribution in [0.5, 0.6) is 0 Å². The molecule has 0 bridgehead atoms. The fourth-order valence-electron chi connectivity index (χ4n) is 0.416. The zero-order valence-electron chi connectivity index (χ0n) is 6.54. The minimum Gasteiger partial charge on any atom is -0.480 e. The summed E-state index contributed by atoms with van der Waals surface area (Å²) < 4.78 is 4.88. The summed E-state index contributed by atoms with van der Waals surface area (Å²) in [6.07, 6.45) is 1.54. The number of carboxylic acids is 1. The molecule has 0 saturated heterocycles. The first kappa shape index (κ1) is 10.1. The molecule has 1 atom stereocenters. The number of hydrogen-bond donors (Lipinski definition) is 2. The lowest BCUT2D eigenvalue weighted by Crippen LogP contribution is -2.49. The van der Waals surface area contributed by atoms with E-state index in [0.717, 1.165) is 0 Å². The topological polar surface area (TPSA) is 72.5 Å². The van der Waals surface area contributed by atoms with Crippen LogP contribution in [0.1, 0.15) is 6.92 Å². The van der Waals surface area contributed by atoms with Gasteiger partial charge in [0.25, 0.3) is 0 Å². The Morgan fingerprint density at radius 3 is 2.82 bits per heavy atom. The third-order valence-electron chi connectivity index (χ3n) is 1.13. The molecule has 64 valence electrons. The van der Waals surface area contributed by atoms with Crippen LogP contribution < -0.4 is 5.73 Å². The molecule has 0 spiro atoms. The van der Waals surface area contributed by atoms with Gasteiger partial charge in [-0.2, -0.15) is 0 Å². The molecule has 0 aromatic heterocycles. The van der Waals surface area contributed by atoms with Gasteiger partial charge >= 0.3 is 5.97 Å². The first-order valence-corrected chi connectivity index (χ1v) is 3.21. The van der Waals surface area contributed by atoms with Gasteiger partial charge in [0.2, 0.25) is 0 Å². The zero-order chi connectivity index (χ0) is 8.91. The highest BCUT2D eigenvalue weighted by molar-refractivity contribution is 5.77. The van der Waals surface area contributed by atoms with E-state index in [1.54, 1.807) is 0 Å². The highest BCUT2D eigenvalue weighted by atomic mass is 16.5. The van der Waals surface area contributed by atoms with Crippen LogP contribution in [-0.2, 0) is 9.53 Å². The Hall–Kier alpha value is -0.870. The van der Waals surface area contributed by atoms with Crippen molar-refractivity contribution in [1.82, 2.24) is 0 Å². The molecule has 0 aromatic carbocycles. The first-order chi connectivity index (χ1) is 5.00. The van der Waals surface area contributed by atoms with Crippen LogP contribution in [0.2, 0.25) is 0 Å². The van der Waals surface area contributed by atoms with E-state index < -0.39 is 11.5 Å². The van der Waals surface area contributed by atoms with E-state index in [0.29, 0.717) is 6.61 Å². The lowest BCUT2D eigenvalue weighted by Gasteiger charge is -2.17. The molecule has 0 aliphatic rings. The molecule has 4 heteroatoms. The van der Waals surface area contributed by atoms with Gasteiger partial charge in [-0.1, -0.05) is 6.08 Å². The Labute approximate surface area is 65.6 Å². The van der Waals surface area contributed by atoms with E-state index in [4.69, 9.17) is 15.6 Å². The predicted octanol–water partition coefficient (Wildman–Crippen LogP) is -0.00900. The van der Waals surface area contributed by atoms with Gasteiger partial charge in [-0.05, 0) is 6.92 Å². The van der Waals surface area contributed by atoms with Crippen LogP contribution >= 0.6 is 0 Å². The van der Waals surface area contributed by atoms with Gasteiger partial charge in [0, 0.05) is 0 Å². The van der Waals surface area contributed by atoms with Crippen molar-refractivity contribution in [3.05, 3.63) is 12.7 Å². The summed E-state index contributed by atoms with van der Waals surface area (Å²) in [5.74, 6) is -1.07. The van der Waals surface area contributed by atoms with Gasteiger partial charge < -0.3 is 15.6 Å². The van der Waals surface area contributed by atoms with Crippen molar-refractivity contribution < 1.29 is 14.6 Å². The maximum Gasteiger partial charge on any atom is 0.325 e. The second kappa shape index (κ2) is 4.10. The zero-order valence-corrected chi connectivity index (χ0v) is 6.54. The van der Waals surface area contributed by atoms with Gasteiger partial charge in [0.05, 0.1) is 13.2 Å². The lowest BCUT2D eigenvalue weighted by atomic mass is 10.1. The second-order valence-electron chi connectivity index (χ2n) is 2.53. The van der Waals surface area contributed by atoms with Crippen molar-refractivity contribution in [3.63, 3.8) is 0 Å². The van der Waals surface area contributed by atoms with Crippen LogP contribution in [0.25, 0.3) is 0 Å². The van der Waals surface area contributed by atoms with Crippen molar-refractivity contribution in [2.75, 3.05) is 13.2 Å². The molecule has 0 radical (unpaired) electrons. The first-order valence-electron chi connectivity index (χ1n) is 3.21. The third-order valence-corrected chi connectivity index (χ3v) is 1.13. The molecule has 0 aromatic rings. The number of aliphatic carboxylic acids is 1. The number of ether oxygens (including phenoxy) is 1. The van der Waals surface area contributed by atoms with Crippen molar-refractivity contribution in [2.24, 2.45) is 5.73 Å². The minimum atomic E-state index is -1.30. The Morgan fingerprint density at radius 1 is 1.91 bits per heavy atom. The number of carboxylic acid groups (broad SMARTS) is 1. The molecule has 0 rings (SSSR count). The van der Waals surface area contributed by atoms with Gasteiger partial charge in [-0.25, -0.2) is 0 Å². The number of carbonyl (C=O) groups is 1. The normalized spacial score (nSPS) is 15.5. The highest BCUT2D eigenvalue weighted by Crippen LogP contribution is 1.99. The predicted molar refractivity (Wildman–Crippen MR) is 41.2 cm³/mol. The molecule has 0 unspecified atom stereocenters. The van der Waals surface area contributed by atoms with E-state index >= 15 is 0 Å². The van der Waals surface area contributed by atoms with Gasteiger partial charge in [-0.3, -0.25) is 4.79 Å². The average molecular weight is 159 g/mol. The van der Waals surface area contributed by atoms with Crippen LogP contribution in [-0.4, -0.2) is 29.8 Å². The van der Waals surface area contributed by atoms with Crippen LogP contribution in [0.15, 0.2) is 12.7 Å². The van der Waals surface area contributed by atoms with Crippen molar-refractivity contribution in [1.29, 1.82) is 0 Å². The summed E-state index contributed by atoms with van der Waals surface area (Å²) >= 11 is 0. The number of hydrogen-bond acceptors (Lipinski definition) is 3. The second-order valence-corrected chi connectivity index (χ2v) is 2.53. The van der Waals surface area contributed by atoms with E-state index in [1.807, 2.05) is 0 Å². The largest absolute Gasteiger partial charge is 0.480 e. The fourth-order valence-corrected chi connectivity index (χ4v) is 0.416. The molecule has 11 heavy (non-hydrogen) atoms. The third kappa shape index (κ3) is 3.75. The Balaban J connectivity index is 3.72. The molecule has 0 amide bonds. The molecule has 4 nitrogen and oxygen atoms in total. The monoisotopic (exact) mass is 159 g/mol. The minimum absolute atomic E-state index is 0.00560. The van der Waals surface area contributed by atoms with E-state index in [9.17, 15) is 4.79 Å². The fraction of sp³-hybridized carbons (Fsp3) is 0.571. The Kier molecular flexibility index (Phi) is 3.78. The van der Waals surface area contributed by atoms with E-state index in [-0.39, 0.29) is 6.61 Å². The van der Waals surface area contributed by atoms with Crippen LogP contribution in [0.3, 0.4) is 0 Å². The van der Waals surface area contributed by atoms with Crippen molar-refractivity contribution in [2.45, 2.75) is 12.5 Å². The maximum atomic E-state index is 10.4. The highest BCUT2D eigenvalue weighted by Gasteiger charge is 2.27. The maximum absolute atomic E-state index is 10.4. The van der Waals surface area contributed by atoms with E-state index in [1.165, 1.54) is 13.0 Å². The summed E-state index contributed by atoms with van der Waals surface area (Å²) in [6.45, 7) is 5.13. The van der Waals surface area contributed by atoms with Crippen molar-refractivity contribution in [3.8, 4) is 0 Å². The molecule has 3 N–H and O–H groups in total. The van der Waals surface area contributed by atoms with E-state index in [2.05, 4.69) is 6.58 Å². The van der Waals surface area contributed by atoms with Crippen LogP contribution in [0.4, 0.5) is 0 Å². The summed E-state index contributed by atoms with van der Waals surface area (Å²) in [5, 5.41) is 8.51. The summed E-state index contributed by atoms with van der Waals surface area (Å²) in [4.78, 5) is 10.4. The summed E-state index contributed by atoms with van der Waals surface area (Å²) in [5.41, 5.74) is 4.04. The molecule has 0 heterocycles. The standard InChI is InChI=1S/C7H13NO3/c1-3-4-11-5-7(2,8)6(9)10/h3H,1,4-5,8H2,2H3,(H,9,10)/t7-/m1/s1. The molecule has 0 aliphatic heterocycles. The molecular weight excluding hydrogens is 146 g/mol. The van der Waals surface area contributed by atoms with Gasteiger partial charge in [0.15, 0.2) is 0 Å². The van der Waals surface area contributed by atoms with Crippen molar-refractivity contribution >= 4 is 5.97 Å². The number of nitrogens with two attached hydrogens (primary N) is 1. The average Bonchev–Trinajstić information content (AvgIpc) is 1.88. The SMILES string of the molecule is C=CCOC[C@@](C)(N)C(=O)O. The smallest absolute Gasteiger partial charge is 0.325 e. The molecule has 0 fully saturated rings. The summed E-state index contributed by atoms with van der Waals surface area (Å²) in [7, 11) is 0. The van der Waals surface area contributed by atoms with Gasteiger partial charge in [-0.15, -0.1) is 6.58 Å². The Bertz CT molecular complexity index is 154. The molecular formula is C7H13NO3.